The smallest absolute Gasteiger partial charge is 0.127 e. The third kappa shape index (κ3) is 3.36. The van der Waals surface area contributed by atoms with Gasteiger partial charge < -0.3 is 4.74 Å². The quantitative estimate of drug-likeness (QED) is 0.825. The first-order chi connectivity index (χ1) is 9.79. The molecule has 2 nitrogen and oxygen atoms in total. The minimum atomic E-state index is -0.250. The lowest BCUT2D eigenvalue weighted by molar-refractivity contribution is 0.331. The van der Waals surface area contributed by atoms with E-state index >= 15 is 0 Å². The fourth-order valence-electron chi connectivity index (χ4n) is 2.54. The van der Waals surface area contributed by atoms with Crippen molar-refractivity contribution in [3.8, 4) is 11.5 Å². The molecule has 1 aliphatic heterocycles. The van der Waals surface area contributed by atoms with Crippen LogP contribution >= 0.6 is 0 Å². The van der Waals surface area contributed by atoms with E-state index in [1.807, 2.05) is 12.1 Å². The molecule has 0 aromatic heterocycles. The molecule has 0 N–H and O–H groups in total. The Morgan fingerprint density at radius 1 is 0.950 bits per heavy atom. The van der Waals surface area contributed by atoms with Crippen molar-refractivity contribution in [3.05, 3.63) is 59.9 Å². The lowest BCUT2D eigenvalue weighted by Gasteiger charge is -2.15. The number of benzene rings is 2. The van der Waals surface area contributed by atoms with Crippen molar-refractivity contribution in [2.45, 2.75) is 19.4 Å². The summed E-state index contributed by atoms with van der Waals surface area (Å²) in [5.74, 6) is 1.21. The van der Waals surface area contributed by atoms with E-state index in [2.05, 4.69) is 17.0 Å². The summed E-state index contributed by atoms with van der Waals surface area (Å²) in [4.78, 5) is 2.46. The van der Waals surface area contributed by atoms with Crippen molar-refractivity contribution in [1.82, 2.24) is 4.90 Å². The molecule has 1 heterocycles. The van der Waals surface area contributed by atoms with Gasteiger partial charge in [0, 0.05) is 6.54 Å². The molecule has 0 amide bonds. The van der Waals surface area contributed by atoms with Gasteiger partial charge in [0.05, 0.1) is 0 Å². The van der Waals surface area contributed by atoms with Gasteiger partial charge in [0.15, 0.2) is 0 Å². The molecular weight excluding hydrogens is 253 g/mol. The topological polar surface area (TPSA) is 12.5 Å². The second-order valence-electron chi connectivity index (χ2n) is 5.19. The van der Waals surface area contributed by atoms with Gasteiger partial charge in [0.2, 0.25) is 0 Å². The molecule has 20 heavy (non-hydrogen) atoms. The predicted octanol–water partition coefficient (Wildman–Crippen LogP) is 4.21. The summed E-state index contributed by atoms with van der Waals surface area (Å²) >= 11 is 0. The van der Waals surface area contributed by atoms with Crippen LogP contribution in [0.25, 0.3) is 0 Å². The SMILES string of the molecule is Fc1ccc(Oc2cccc(CN3CCCC3)c2)cc1. The van der Waals surface area contributed by atoms with E-state index in [0.717, 1.165) is 12.3 Å². The van der Waals surface area contributed by atoms with Gasteiger partial charge in [-0.1, -0.05) is 12.1 Å². The highest BCUT2D eigenvalue weighted by Crippen LogP contribution is 2.23. The molecular formula is C17H18FNO. The molecule has 1 saturated heterocycles. The molecule has 104 valence electrons. The fraction of sp³-hybridized carbons (Fsp3) is 0.294. The number of halogens is 1. The highest BCUT2D eigenvalue weighted by molar-refractivity contribution is 5.34. The molecule has 0 atom stereocenters. The minimum Gasteiger partial charge on any atom is -0.457 e. The first-order valence-electron chi connectivity index (χ1n) is 7.04. The van der Waals surface area contributed by atoms with Crippen LogP contribution < -0.4 is 4.74 Å². The molecule has 2 aromatic rings. The maximum absolute atomic E-state index is 12.9. The standard InChI is InChI=1S/C17H18FNO/c18-15-6-8-16(9-7-15)20-17-5-3-4-14(12-17)13-19-10-1-2-11-19/h3-9,12H,1-2,10-11,13H2. The molecule has 1 fully saturated rings. The van der Waals surface area contributed by atoms with Crippen molar-refractivity contribution in [1.29, 1.82) is 0 Å². The van der Waals surface area contributed by atoms with Gasteiger partial charge >= 0.3 is 0 Å². The Morgan fingerprint density at radius 3 is 2.45 bits per heavy atom. The Labute approximate surface area is 118 Å². The summed E-state index contributed by atoms with van der Waals surface area (Å²) in [5, 5.41) is 0. The number of likely N-dealkylation sites (tertiary alicyclic amines) is 1. The Morgan fingerprint density at radius 2 is 1.70 bits per heavy atom. The number of hydrogen-bond acceptors (Lipinski definition) is 2. The lowest BCUT2D eigenvalue weighted by atomic mass is 10.2. The van der Waals surface area contributed by atoms with Crippen molar-refractivity contribution >= 4 is 0 Å². The second-order valence-corrected chi connectivity index (χ2v) is 5.19. The molecule has 0 spiro atoms. The summed E-state index contributed by atoms with van der Waals surface area (Å²) in [6, 6.07) is 14.2. The molecule has 3 heteroatoms. The number of rotatable bonds is 4. The van der Waals surface area contributed by atoms with Crippen LogP contribution in [-0.4, -0.2) is 18.0 Å². The van der Waals surface area contributed by atoms with E-state index in [4.69, 9.17) is 4.74 Å². The normalized spacial score (nSPS) is 15.4. The first-order valence-corrected chi connectivity index (χ1v) is 7.04. The van der Waals surface area contributed by atoms with E-state index in [1.54, 1.807) is 12.1 Å². The molecule has 0 saturated carbocycles. The molecule has 3 rings (SSSR count). The second kappa shape index (κ2) is 6.06. The fourth-order valence-corrected chi connectivity index (χ4v) is 2.54. The van der Waals surface area contributed by atoms with Crippen LogP contribution in [0.1, 0.15) is 18.4 Å². The number of ether oxygens (including phenoxy) is 1. The van der Waals surface area contributed by atoms with Gasteiger partial charge in [-0.15, -0.1) is 0 Å². The van der Waals surface area contributed by atoms with E-state index in [0.29, 0.717) is 5.75 Å². The molecule has 0 radical (unpaired) electrons. The summed E-state index contributed by atoms with van der Waals surface area (Å²) < 4.78 is 18.6. The van der Waals surface area contributed by atoms with Crippen LogP contribution in [0.15, 0.2) is 48.5 Å². The summed E-state index contributed by atoms with van der Waals surface area (Å²) in [5.41, 5.74) is 1.26. The van der Waals surface area contributed by atoms with E-state index in [9.17, 15) is 4.39 Å². The highest BCUT2D eigenvalue weighted by atomic mass is 19.1. The van der Waals surface area contributed by atoms with Crippen LogP contribution in [0.3, 0.4) is 0 Å². The van der Waals surface area contributed by atoms with Gasteiger partial charge in [-0.3, -0.25) is 4.90 Å². The molecule has 2 aromatic carbocycles. The van der Waals surface area contributed by atoms with Crippen molar-refractivity contribution in [2.24, 2.45) is 0 Å². The first kappa shape index (κ1) is 13.1. The van der Waals surface area contributed by atoms with Gasteiger partial charge in [0.1, 0.15) is 17.3 Å². The van der Waals surface area contributed by atoms with Crippen molar-refractivity contribution in [2.75, 3.05) is 13.1 Å². The average molecular weight is 271 g/mol. The minimum absolute atomic E-state index is 0.250. The Balaban J connectivity index is 1.68. The number of nitrogens with zero attached hydrogens (tertiary/aromatic N) is 1. The van der Waals surface area contributed by atoms with Crippen LogP contribution in [0.2, 0.25) is 0 Å². The van der Waals surface area contributed by atoms with Gasteiger partial charge in [-0.2, -0.15) is 0 Å². The van der Waals surface area contributed by atoms with Gasteiger partial charge in [0.25, 0.3) is 0 Å². The number of hydrogen-bond donors (Lipinski definition) is 0. The summed E-state index contributed by atoms with van der Waals surface area (Å²) in [6.07, 6.45) is 2.59. The van der Waals surface area contributed by atoms with Crippen LogP contribution in [0, 0.1) is 5.82 Å². The Kier molecular flexibility index (Phi) is 3.97. The van der Waals surface area contributed by atoms with Crippen LogP contribution in [-0.2, 0) is 6.54 Å². The van der Waals surface area contributed by atoms with Gasteiger partial charge in [-0.05, 0) is 67.9 Å². The molecule has 1 aliphatic rings. The molecule has 0 unspecified atom stereocenters. The third-order valence-corrected chi connectivity index (χ3v) is 3.55. The van der Waals surface area contributed by atoms with Crippen molar-refractivity contribution < 1.29 is 9.13 Å². The molecule has 0 aliphatic carbocycles. The van der Waals surface area contributed by atoms with E-state index in [1.165, 1.54) is 43.6 Å². The van der Waals surface area contributed by atoms with E-state index in [-0.39, 0.29) is 5.82 Å². The third-order valence-electron chi connectivity index (χ3n) is 3.55. The maximum Gasteiger partial charge on any atom is 0.127 e. The predicted molar refractivity (Wildman–Crippen MR) is 77.4 cm³/mol. The maximum atomic E-state index is 12.9. The zero-order valence-electron chi connectivity index (χ0n) is 11.4. The zero-order chi connectivity index (χ0) is 13.8. The Hall–Kier alpha value is -1.87. The lowest BCUT2D eigenvalue weighted by Crippen LogP contribution is -2.18. The van der Waals surface area contributed by atoms with Crippen molar-refractivity contribution in [3.63, 3.8) is 0 Å². The Bertz CT molecular complexity index is 561. The summed E-state index contributed by atoms with van der Waals surface area (Å²) in [6.45, 7) is 3.34. The largest absolute Gasteiger partial charge is 0.457 e. The highest BCUT2D eigenvalue weighted by Gasteiger charge is 2.11. The zero-order valence-corrected chi connectivity index (χ0v) is 11.4. The molecule has 0 bridgehead atoms. The van der Waals surface area contributed by atoms with Crippen LogP contribution in [0.5, 0.6) is 11.5 Å². The van der Waals surface area contributed by atoms with E-state index < -0.39 is 0 Å². The van der Waals surface area contributed by atoms with Crippen LogP contribution in [0.4, 0.5) is 4.39 Å². The summed E-state index contributed by atoms with van der Waals surface area (Å²) in [7, 11) is 0. The average Bonchev–Trinajstić information content (AvgIpc) is 2.95. The van der Waals surface area contributed by atoms with Gasteiger partial charge in [-0.25, -0.2) is 4.39 Å². The monoisotopic (exact) mass is 271 g/mol.